The second-order valence-corrected chi connectivity index (χ2v) is 7.45. The summed E-state index contributed by atoms with van der Waals surface area (Å²) in [6.07, 6.45) is 7.25. The third-order valence-corrected chi connectivity index (χ3v) is 4.96. The summed E-state index contributed by atoms with van der Waals surface area (Å²) in [5, 5.41) is 11.3. The Hall–Kier alpha value is -2.94. The largest absolute Gasteiger partial charge is 0.378 e. The van der Waals surface area contributed by atoms with Gasteiger partial charge in [-0.3, -0.25) is 0 Å². The second kappa shape index (κ2) is 11.8. The first-order valence-electron chi connectivity index (χ1n) is 10.3. The van der Waals surface area contributed by atoms with Crippen LogP contribution >= 0.6 is 0 Å². The van der Waals surface area contributed by atoms with Crippen molar-refractivity contribution in [1.29, 1.82) is 0 Å². The maximum atomic E-state index is 4.01. The lowest BCUT2D eigenvalue weighted by molar-refractivity contribution is 0.634. The summed E-state index contributed by atoms with van der Waals surface area (Å²) in [5.41, 5.74) is 6.71. The highest BCUT2D eigenvalue weighted by molar-refractivity contribution is 6.08. The van der Waals surface area contributed by atoms with Gasteiger partial charge in [-0.15, -0.1) is 6.58 Å². The normalized spacial score (nSPS) is 12.3. The first-order valence-corrected chi connectivity index (χ1v) is 10.3. The number of rotatable bonds is 12. The Bertz CT molecular complexity index is 829. The number of benzene rings is 2. The van der Waals surface area contributed by atoms with Gasteiger partial charge in [-0.1, -0.05) is 68.3 Å². The Balaban J connectivity index is 2.14. The van der Waals surface area contributed by atoms with Gasteiger partial charge in [0.05, 0.1) is 11.8 Å². The van der Waals surface area contributed by atoms with Crippen LogP contribution in [-0.4, -0.2) is 12.4 Å². The van der Waals surface area contributed by atoms with Gasteiger partial charge in [-0.2, -0.15) is 10.2 Å². The van der Waals surface area contributed by atoms with Crippen molar-refractivity contribution in [3.05, 3.63) is 90.0 Å². The molecule has 0 amide bonds. The van der Waals surface area contributed by atoms with Crippen LogP contribution in [0.25, 0.3) is 0 Å². The molecule has 0 saturated heterocycles. The molecule has 0 aliphatic heterocycles. The Morgan fingerprint density at radius 2 is 1.79 bits per heavy atom. The summed E-state index contributed by atoms with van der Waals surface area (Å²) < 4.78 is 0. The van der Waals surface area contributed by atoms with Crippen LogP contribution in [0.4, 0.5) is 5.69 Å². The highest BCUT2D eigenvalue weighted by Crippen LogP contribution is 2.26. The van der Waals surface area contributed by atoms with Crippen molar-refractivity contribution in [2.45, 2.75) is 52.0 Å². The summed E-state index contributed by atoms with van der Waals surface area (Å²) >= 11 is 0. The minimum absolute atomic E-state index is 0.290. The lowest BCUT2D eigenvalue weighted by Gasteiger charge is -2.21. The van der Waals surface area contributed by atoms with E-state index in [1.165, 1.54) is 29.5 Å². The molecular weight excluding hydrogens is 354 g/mol. The van der Waals surface area contributed by atoms with Gasteiger partial charge in [0.1, 0.15) is 0 Å². The molecule has 0 saturated carbocycles. The first kappa shape index (κ1) is 22.4. The van der Waals surface area contributed by atoms with Gasteiger partial charge in [0, 0.05) is 18.0 Å². The molecule has 0 fully saturated rings. The minimum Gasteiger partial charge on any atom is -0.378 e. The van der Waals surface area contributed by atoms with E-state index in [0.29, 0.717) is 6.04 Å². The molecule has 0 aliphatic carbocycles. The number of nitrogens with zero attached hydrogens (tertiary/aromatic N) is 2. The number of allylic oxidation sites excluding steroid dienone is 2. The maximum absolute atomic E-state index is 4.01. The van der Waals surface area contributed by atoms with Gasteiger partial charge in [-0.25, -0.2) is 0 Å². The molecule has 0 heterocycles. The van der Waals surface area contributed by atoms with E-state index in [4.69, 9.17) is 0 Å². The van der Waals surface area contributed by atoms with E-state index >= 15 is 0 Å². The van der Waals surface area contributed by atoms with Gasteiger partial charge in [0.2, 0.25) is 0 Å². The number of unbranched alkanes of at least 4 members (excludes halogenated alkanes) is 1. The van der Waals surface area contributed by atoms with E-state index in [9.17, 15) is 0 Å². The molecule has 0 bridgehead atoms. The fraction of sp³-hybridized carbons (Fsp3) is 0.308. The highest BCUT2D eigenvalue weighted by Gasteiger charge is 2.11. The molecule has 0 radical (unpaired) electrons. The van der Waals surface area contributed by atoms with Crippen LogP contribution in [0.3, 0.4) is 0 Å². The smallest absolute Gasteiger partial charge is 0.0922 e. The fourth-order valence-corrected chi connectivity index (χ4v) is 3.24. The van der Waals surface area contributed by atoms with Crippen LogP contribution in [0.2, 0.25) is 0 Å². The van der Waals surface area contributed by atoms with Crippen molar-refractivity contribution in [1.82, 2.24) is 0 Å². The topological polar surface area (TPSA) is 36.8 Å². The van der Waals surface area contributed by atoms with Crippen molar-refractivity contribution in [2.75, 3.05) is 5.32 Å². The van der Waals surface area contributed by atoms with Gasteiger partial charge >= 0.3 is 0 Å². The zero-order chi connectivity index (χ0) is 21.1. The number of anilines is 1. The van der Waals surface area contributed by atoms with E-state index in [2.05, 4.69) is 85.6 Å². The molecular formula is C26H33N3. The lowest BCUT2D eigenvalue weighted by atomic mass is 9.97. The molecule has 29 heavy (non-hydrogen) atoms. The summed E-state index contributed by atoms with van der Waals surface area (Å²) in [5.74, 6) is 0. The monoisotopic (exact) mass is 387 g/mol. The molecule has 0 aliphatic rings. The van der Waals surface area contributed by atoms with Crippen LogP contribution in [0.15, 0.2) is 83.5 Å². The summed E-state index contributed by atoms with van der Waals surface area (Å²) in [7, 11) is 0. The van der Waals surface area contributed by atoms with Crippen molar-refractivity contribution < 1.29 is 0 Å². The Kier molecular flexibility index (Phi) is 9.10. The quantitative estimate of drug-likeness (QED) is 0.235. The molecule has 3 nitrogen and oxygen atoms in total. The molecule has 2 rings (SSSR count). The number of nitrogens with one attached hydrogen (secondary N) is 1. The first-order chi connectivity index (χ1) is 14.1. The Morgan fingerprint density at radius 1 is 1.10 bits per heavy atom. The molecule has 0 spiro atoms. The average Bonchev–Trinajstić information content (AvgIpc) is 2.74. The molecule has 0 aromatic heterocycles. The SMILES string of the molecule is C=C/C(=N\N=C)c1ccc(NC(CCCC)c2ccc(CCC(=C)C)cc2)cc1. The fourth-order valence-electron chi connectivity index (χ4n) is 3.24. The zero-order valence-electron chi connectivity index (χ0n) is 17.8. The van der Waals surface area contributed by atoms with E-state index in [0.717, 1.165) is 36.2 Å². The van der Waals surface area contributed by atoms with Gasteiger partial charge in [0.25, 0.3) is 0 Å². The standard InChI is InChI=1S/C26H33N3/c1-6-8-9-26(23-14-12-21(13-15-23)11-10-20(3)4)28-24-18-16-22(17-19-24)25(7-2)29-27-5/h7,12-19,26,28H,2-3,5-6,8-11H2,1,4H3/b29-25+. The third kappa shape index (κ3) is 7.19. The van der Waals surface area contributed by atoms with Crippen molar-refractivity contribution >= 4 is 18.1 Å². The molecule has 1 atom stereocenters. The van der Waals surface area contributed by atoms with Gasteiger partial charge < -0.3 is 5.32 Å². The van der Waals surface area contributed by atoms with E-state index in [1.54, 1.807) is 6.08 Å². The molecule has 2 aromatic carbocycles. The third-order valence-electron chi connectivity index (χ3n) is 4.96. The minimum atomic E-state index is 0.290. The molecule has 152 valence electrons. The van der Waals surface area contributed by atoms with Crippen molar-refractivity contribution in [3.63, 3.8) is 0 Å². The number of hydrogen-bond donors (Lipinski definition) is 1. The molecule has 1 unspecified atom stereocenters. The van der Waals surface area contributed by atoms with Crippen molar-refractivity contribution in [2.24, 2.45) is 10.2 Å². The zero-order valence-corrected chi connectivity index (χ0v) is 17.8. The second-order valence-electron chi connectivity index (χ2n) is 7.45. The average molecular weight is 388 g/mol. The molecule has 2 aromatic rings. The van der Waals surface area contributed by atoms with Crippen LogP contribution in [0, 0.1) is 0 Å². The number of aryl methyl sites for hydroxylation is 1. The van der Waals surface area contributed by atoms with Gasteiger partial charge in [-0.05, 0) is 55.5 Å². The predicted octanol–water partition coefficient (Wildman–Crippen LogP) is 7.13. The lowest BCUT2D eigenvalue weighted by Crippen LogP contribution is -2.11. The van der Waals surface area contributed by atoms with Crippen LogP contribution < -0.4 is 5.32 Å². The number of hydrogen-bond acceptors (Lipinski definition) is 3. The van der Waals surface area contributed by atoms with E-state index < -0.39 is 0 Å². The van der Waals surface area contributed by atoms with E-state index in [-0.39, 0.29) is 0 Å². The van der Waals surface area contributed by atoms with Gasteiger partial charge in [0.15, 0.2) is 0 Å². The van der Waals surface area contributed by atoms with Crippen LogP contribution in [-0.2, 0) is 6.42 Å². The van der Waals surface area contributed by atoms with E-state index in [1.807, 2.05) is 12.1 Å². The highest BCUT2D eigenvalue weighted by atomic mass is 15.2. The molecule has 1 N–H and O–H groups in total. The van der Waals surface area contributed by atoms with Crippen molar-refractivity contribution in [3.8, 4) is 0 Å². The summed E-state index contributed by atoms with van der Waals surface area (Å²) in [6.45, 7) is 15.5. The Labute approximate surface area is 176 Å². The summed E-state index contributed by atoms with van der Waals surface area (Å²) in [4.78, 5) is 0. The Morgan fingerprint density at radius 3 is 2.34 bits per heavy atom. The summed E-state index contributed by atoms with van der Waals surface area (Å²) in [6, 6.07) is 17.5. The van der Waals surface area contributed by atoms with Crippen LogP contribution in [0.5, 0.6) is 0 Å². The predicted molar refractivity (Wildman–Crippen MR) is 128 cm³/mol. The maximum Gasteiger partial charge on any atom is 0.0922 e. The van der Waals surface area contributed by atoms with Crippen LogP contribution in [0.1, 0.15) is 62.3 Å². The molecule has 3 heteroatoms.